The van der Waals surface area contributed by atoms with Crippen LogP contribution in [0, 0.1) is 6.92 Å². The van der Waals surface area contributed by atoms with Crippen molar-refractivity contribution in [3.63, 3.8) is 0 Å². The minimum Gasteiger partial charge on any atom is -0.368 e. The van der Waals surface area contributed by atoms with Gasteiger partial charge in [0.05, 0.1) is 0 Å². The van der Waals surface area contributed by atoms with Crippen LogP contribution in [0.3, 0.4) is 0 Å². The summed E-state index contributed by atoms with van der Waals surface area (Å²) in [6, 6.07) is 9.00. The molecular formula is C14H17N. The monoisotopic (exact) mass is 199 g/mol. The molecule has 0 N–H and O–H groups in total. The molecule has 1 heterocycles. The molecule has 1 aromatic carbocycles. The standard InChI is InChI=1S/C14H17N/c1-11-7-4-5-9-13(11)14-10-6-8-12(2)15(14)3/h4-10,12H,1-3H3. The first-order chi connectivity index (χ1) is 7.20. The first-order valence-electron chi connectivity index (χ1n) is 5.37. The molecule has 0 aromatic heterocycles. The molecular weight excluding hydrogens is 182 g/mol. The van der Waals surface area contributed by atoms with Crippen LogP contribution in [0.1, 0.15) is 18.1 Å². The van der Waals surface area contributed by atoms with E-state index in [1.807, 2.05) is 0 Å². The predicted octanol–water partition coefficient (Wildman–Crippen LogP) is 3.23. The average molecular weight is 199 g/mol. The van der Waals surface area contributed by atoms with E-state index in [1.165, 1.54) is 16.8 Å². The van der Waals surface area contributed by atoms with Gasteiger partial charge in [-0.1, -0.05) is 36.4 Å². The lowest BCUT2D eigenvalue weighted by atomic mass is 10.0. The number of allylic oxidation sites excluding steroid dienone is 2. The minimum atomic E-state index is 0.476. The lowest BCUT2D eigenvalue weighted by molar-refractivity contribution is 0.425. The average Bonchev–Trinajstić information content (AvgIpc) is 2.23. The first-order valence-corrected chi connectivity index (χ1v) is 5.37. The number of hydrogen-bond acceptors (Lipinski definition) is 1. The molecule has 2 rings (SSSR count). The third kappa shape index (κ3) is 1.82. The Hall–Kier alpha value is -1.50. The van der Waals surface area contributed by atoms with E-state index in [0.717, 1.165) is 0 Å². The largest absolute Gasteiger partial charge is 0.368 e. The highest BCUT2D eigenvalue weighted by atomic mass is 15.1. The quantitative estimate of drug-likeness (QED) is 0.671. The lowest BCUT2D eigenvalue weighted by Crippen LogP contribution is -2.27. The molecule has 0 amide bonds. The number of rotatable bonds is 1. The van der Waals surface area contributed by atoms with Crippen LogP contribution in [0.2, 0.25) is 0 Å². The molecule has 1 aromatic rings. The molecule has 1 aliphatic heterocycles. The van der Waals surface area contributed by atoms with Crippen LogP contribution in [0.15, 0.2) is 42.5 Å². The van der Waals surface area contributed by atoms with Crippen LogP contribution in [0.4, 0.5) is 0 Å². The number of likely N-dealkylation sites (N-methyl/N-ethyl adjacent to an activating group) is 1. The summed E-state index contributed by atoms with van der Waals surface area (Å²) in [5.41, 5.74) is 3.97. The van der Waals surface area contributed by atoms with E-state index >= 15 is 0 Å². The molecule has 0 aliphatic carbocycles. The molecule has 0 spiro atoms. The van der Waals surface area contributed by atoms with Crippen LogP contribution in [-0.4, -0.2) is 18.0 Å². The Kier molecular flexibility index (Phi) is 2.63. The molecule has 1 aliphatic rings. The van der Waals surface area contributed by atoms with Crippen molar-refractivity contribution in [1.82, 2.24) is 4.90 Å². The van der Waals surface area contributed by atoms with Gasteiger partial charge in [0.2, 0.25) is 0 Å². The fourth-order valence-electron chi connectivity index (χ4n) is 1.91. The second-order valence-electron chi connectivity index (χ2n) is 4.10. The molecule has 1 atom stereocenters. The molecule has 0 radical (unpaired) electrons. The van der Waals surface area contributed by atoms with E-state index in [0.29, 0.717) is 6.04 Å². The fourth-order valence-corrected chi connectivity index (χ4v) is 1.91. The highest BCUT2D eigenvalue weighted by Gasteiger charge is 2.15. The van der Waals surface area contributed by atoms with E-state index in [9.17, 15) is 0 Å². The van der Waals surface area contributed by atoms with Gasteiger partial charge >= 0.3 is 0 Å². The molecule has 78 valence electrons. The van der Waals surface area contributed by atoms with E-state index in [4.69, 9.17) is 0 Å². The zero-order chi connectivity index (χ0) is 10.8. The Morgan fingerprint density at radius 1 is 1.20 bits per heavy atom. The Labute approximate surface area is 91.7 Å². The van der Waals surface area contributed by atoms with Gasteiger partial charge in [0, 0.05) is 24.4 Å². The van der Waals surface area contributed by atoms with E-state index in [-0.39, 0.29) is 0 Å². The van der Waals surface area contributed by atoms with E-state index in [2.05, 4.69) is 68.3 Å². The van der Waals surface area contributed by atoms with Crippen LogP contribution in [0.25, 0.3) is 5.70 Å². The third-order valence-electron chi connectivity index (χ3n) is 3.06. The summed E-state index contributed by atoms with van der Waals surface area (Å²) in [5.74, 6) is 0. The zero-order valence-corrected chi connectivity index (χ0v) is 9.57. The van der Waals surface area contributed by atoms with Crippen molar-refractivity contribution in [2.75, 3.05) is 7.05 Å². The molecule has 15 heavy (non-hydrogen) atoms. The molecule has 1 nitrogen and oxygen atoms in total. The summed E-state index contributed by atoms with van der Waals surface area (Å²) in [4.78, 5) is 2.31. The zero-order valence-electron chi connectivity index (χ0n) is 9.57. The van der Waals surface area contributed by atoms with E-state index in [1.54, 1.807) is 0 Å². The molecule has 0 saturated heterocycles. The number of hydrogen-bond donors (Lipinski definition) is 0. The van der Waals surface area contributed by atoms with Gasteiger partial charge in [-0.2, -0.15) is 0 Å². The molecule has 1 heteroatoms. The fraction of sp³-hybridized carbons (Fsp3) is 0.286. The Balaban J connectivity index is 2.43. The van der Waals surface area contributed by atoms with Gasteiger partial charge in [-0.15, -0.1) is 0 Å². The van der Waals surface area contributed by atoms with Gasteiger partial charge in [0.15, 0.2) is 0 Å². The number of aryl methyl sites for hydroxylation is 1. The Morgan fingerprint density at radius 3 is 2.67 bits per heavy atom. The smallest absolute Gasteiger partial charge is 0.0444 e. The topological polar surface area (TPSA) is 3.24 Å². The first kappa shape index (κ1) is 10.0. The summed E-state index contributed by atoms with van der Waals surface area (Å²) in [6.07, 6.45) is 6.54. The maximum Gasteiger partial charge on any atom is 0.0444 e. The van der Waals surface area contributed by atoms with Gasteiger partial charge in [-0.3, -0.25) is 0 Å². The van der Waals surface area contributed by atoms with Crippen molar-refractivity contribution < 1.29 is 0 Å². The summed E-state index contributed by atoms with van der Waals surface area (Å²) in [7, 11) is 2.15. The molecule has 0 saturated carbocycles. The van der Waals surface area contributed by atoms with Crippen molar-refractivity contribution in [2.45, 2.75) is 19.9 Å². The highest BCUT2D eigenvalue weighted by molar-refractivity contribution is 5.69. The highest BCUT2D eigenvalue weighted by Crippen LogP contribution is 2.25. The van der Waals surface area contributed by atoms with Gasteiger partial charge in [-0.05, 0) is 25.5 Å². The van der Waals surface area contributed by atoms with Gasteiger partial charge in [0.25, 0.3) is 0 Å². The number of benzene rings is 1. The van der Waals surface area contributed by atoms with Gasteiger partial charge < -0.3 is 4.90 Å². The lowest BCUT2D eigenvalue weighted by Gasteiger charge is -2.30. The van der Waals surface area contributed by atoms with Crippen molar-refractivity contribution in [3.05, 3.63) is 53.6 Å². The van der Waals surface area contributed by atoms with Crippen molar-refractivity contribution in [1.29, 1.82) is 0 Å². The van der Waals surface area contributed by atoms with Crippen LogP contribution in [0.5, 0.6) is 0 Å². The van der Waals surface area contributed by atoms with Crippen LogP contribution < -0.4 is 0 Å². The van der Waals surface area contributed by atoms with Gasteiger partial charge in [-0.25, -0.2) is 0 Å². The minimum absolute atomic E-state index is 0.476. The summed E-state index contributed by atoms with van der Waals surface area (Å²) >= 11 is 0. The Bertz CT molecular complexity index is 415. The van der Waals surface area contributed by atoms with Crippen LogP contribution >= 0.6 is 0 Å². The maximum absolute atomic E-state index is 2.31. The Morgan fingerprint density at radius 2 is 1.93 bits per heavy atom. The van der Waals surface area contributed by atoms with Crippen molar-refractivity contribution in [2.24, 2.45) is 0 Å². The van der Waals surface area contributed by atoms with Crippen LogP contribution in [-0.2, 0) is 0 Å². The molecule has 1 unspecified atom stereocenters. The van der Waals surface area contributed by atoms with Crippen molar-refractivity contribution >= 4 is 5.70 Å². The van der Waals surface area contributed by atoms with E-state index < -0.39 is 0 Å². The number of nitrogens with zero attached hydrogens (tertiary/aromatic N) is 1. The normalized spacial score (nSPS) is 20.3. The second kappa shape index (κ2) is 3.93. The van der Waals surface area contributed by atoms with Gasteiger partial charge in [0.1, 0.15) is 0 Å². The summed E-state index contributed by atoms with van der Waals surface area (Å²) in [5, 5.41) is 0. The maximum atomic E-state index is 2.31. The molecule has 0 bridgehead atoms. The SMILES string of the molecule is Cc1ccccc1C1=CC=CC(C)N1C. The second-order valence-corrected chi connectivity index (χ2v) is 4.10. The summed E-state index contributed by atoms with van der Waals surface area (Å²) < 4.78 is 0. The van der Waals surface area contributed by atoms with Crippen molar-refractivity contribution in [3.8, 4) is 0 Å². The summed E-state index contributed by atoms with van der Waals surface area (Å²) in [6.45, 7) is 4.37. The predicted molar refractivity (Wildman–Crippen MR) is 65.5 cm³/mol. The third-order valence-corrected chi connectivity index (χ3v) is 3.06. The molecule has 0 fully saturated rings.